The third-order valence-corrected chi connectivity index (χ3v) is 3.57. The summed E-state index contributed by atoms with van der Waals surface area (Å²) in [5.41, 5.74) is 0.891. The molecule has 3 heteroatoms. The Labute approximate surface area is 110 Å². The highest BCUT2D eigenvalue weighted by molar-refractivity contribution is 5.08. The minimum atomic E-state index is -0.284. The largest absolute Gasteiger partial charge is 0.309 e. The Kier molecular flexibility index (Phi) is 5.73. The van der Waals surface area contributed by atoms with Crippen LogP contribution in [0.5, 0.6) is 0 Å². The van der Waals surface area contributed by atoms with Crippen LogP contribution in [0.2, 0.25) is 0 Å². The highest BCUT2D eigenvalue weighted by atomic mass is 19.1. The number of rotatable bonds is 6. The summed E-state index contributed by atoms with van der Waals surface area (Å²) in [6, 6.07) is 3.36. The molecule has 1 atom stereocenters. The lowest BCUT2D eigenvalue weighted by molar-refractivity contribution is 0.267. The minimum absolute atomic E-state index is 0.158. The highest BCUT2D eigenvalue weighted by Crippen LogP contribution is 2.20. The molecule has 0 aromatic carbocycles. The fraction of sp³-hybridized carbons (Fsp3) is 0.667. The van der Waals surface area contributed by atoms with Gasteiger partial charge in [0.15, 0.2) is 0 Å². The predicted octanol–water partition coefficient (Wildman–Crippen LogP) is 3.80. The van der Waals surface area contributed by atoms with Crippen molar-refractivity contribution >= 4 is 0 Å². The summed E-state index contributed by atoms with van der Waals surface area (Å²) in [6.45, 7) is 12.1. The van der Waals surface area contributed by atoms with E-state index in [0.717, 1.165) is 12.2 Å². The maximum Gasteiger partial charge on any atom is 0.141 e. The van der Waals surface area contributed by atoms with Crippen molar-refractivity contribution in [1.82, 2.24) is 10.3 Å². The molecule has 2 nitrogen and oxygen atoms in total. The van der Waals surface area contributed by atoms with E-state index in [4.69, 9.17) is 0 Å². The lowest BCUT2D eigenvalue weighted by Gasteiger charge is -2.27. The van der Waals surface area contributed by atoms with Crippen LogP contribution in [0.4, 0.5) is 4.39 Å². The van der Waals surface area contributed by atoms with E-state index in [1.165, 1.54) is 12.3 Å². The third-order valence-electron chi connectivity index (χ3n) is 3.57. The molecule has 0 spiro atoms. The lowest BCUT2D eigenvalue weighted by Crippen LogP contribution is -2.31. The number of pyridine rings is 1. The molecule has 18 heavy (non-hydrogen) atoms. The normalized spacial score (nSPS) is 13.6. The second-order valence-corrected chi connectivity index (χ2v) is 5.68. The Hall–Kier alpha value is -0.960. The van der Waals surface area contributed by atoms with Crippen LogP contribution >= 0.6 is 0 Å². The van der Waals surface area contributed by atoms with Gasteiger partial charge < -0.3 is 5.32 Å². The fourth-order valence-electron chi connectivity index (χ4n) is 2.30. The average Bonchev–Trinajstić information content (AvgIpc) is 2.28. The van der Waals surface area contributed by atoms with Crippen molar-refractivity contribution < 1.29 is 4.39 Å². The summed E-state index contributed by atoms with van der Waals surface area (Å²) in [7, 11) is 0. The Morgan fingerprint density at radius 3 is 2.17 bits per heavy atom. The molecule has 0 saturated heterocycles. The Morgan fingerprint density at radius 2 is 1.72 bits per heavy atom. The molecule has 0 aliphatic rings. The van der Waals surface area contributed by atoms with Gasteiger partial charge in [-0.25, -0.2) is 4.39 Å². The molecule has 102 valence electrons. The zero-order valence-corrected chi connectivity index (χ0v) is 12.1. The van der Waals surface area contributed by atoms with Gasteiger partial charge in [-0.15, -0.1) is 0 Å². The summed E-state index contributed by atoms with van der Waals surface area (Å²) in [5, 5.41) is 3.50. The van der Waals surface area contributed by atoms with Crippen LogP contribution in [0.15, 0.2) is 18.3 Å². The summed E-state index contributed by atoms with van der Waals surface area (Å²) in [4.78, 5) is 4.11. The molecule has 0 radical (unpaired) electrons. The lowest BCUT2D eigenvalue weighted by atomic mass is 9.85. The van der Waals surface area contributed by atoms with Crippen molar-refractivity contribution in [3.05, 3.63) is 29.8 Å². The van der Waals surface area contributed by atoms with Gasteiger partial charge in [0, 0.05) is 6.04 Å². The zero-order chi connectivity index (χ0) is 13.7. The van der Waals surface area contributed by atoms with Crippen LogP contribution in [0.1, 0.15) is 46.4 Å². The van der Waals surface area contributed by atoms with Crippen molar-refractivity contribution in [2.75, 3.05) is 6.54 Å². The van der Waals surface area contributed by atoms with E-state index in [1.54, 1.807) is 6.07 Å². The fourth-order valence-corrected chi connectivity index (χ4v) is 2.30. The Bertz CT molecular complexity index is 338. The maximum atomic E-state index is 12.8. The number of aromatic nitrogens is 1. The number of halogens is 1. The van der Waals surface area contributed by atoms with Crippen molar-refractivity contribution in [3.63, 3.8) is 0 Å². The molecule has 1 aromatic rings. The first-order valence-corrected chi connectivity index (χ1v) is 6.76. The maximum absolute atomic E-state index is 12.8. The molecule has 1 heterocycles. The van der Waals surface area contributed by atoms with Gasteiger partial charge in [-0.1, -0.05) is 27.7 Å². The summed E-state index contributed by atoms with van der Waals surface area (Å²) in [5.74, 6) is 1.68. The number of nitrogens with one attached hydrogen (secondary N) is 1. The standard InChI is InChI=1S/C15H25FN2/c1-10(2)14(11(3)4)9-17-12(5)15-7-6-13(16)8-18-15/h6-8,10-12,14,17H,9H2,1-5H3. The van der Waals surface area contributed by atoms with E-state index in [2.05, 4.69) is 44.9 Å². The molecule has 0 aliphatic heterocycles. The van der Waals surface area contributed by atoms with Crippen LogP contribution in [0.25, 0.3) is 0 Å². The molecule has 1 rings (SSSR count). The highest BCUT2D eigenvalue weighted by Gasteiger charge is 2.18. The number of hydrogen-bond acceptors (Lipinski definition) is 2. The van der Waals surface area contributed by atoms with Gasteiger partial charge >= 0.3 is 0 Å². The third kappa shape index (κ3) is 4.37. The van der Waals surface area contributed by atoms with E-state index < -0.39 is 0 Å². The van der Waals surface area contributed by atoms with Crippen LogP contribution in [-0.4, -0.2) is 11.5 Å². The van der Waals surface area contributed by atoms with Gasteiger partial charge in [0.25, 0.3) is 0 Å². The Balaban J connectivity index is 2.54. The van der Waals surface area contributed by atoms with Crippen LogP contribution in [0.3, 0.4) is 0 Å². The molecule has 1 N–H and O–H groups in total. The van der Waals surface area contributed by atoms with Crippen molar-refractivity contribution in [2.45, 2.75) is 40.7 Å². The van der Waals surface area contributed by atoms with Gasteiger partial charge in [-0.05, 0) is 43.4 Å². The second-order valence-electron chi connectivity index (χ2n) is 5.68. The summed E-state index contributed by atoms with van der Waals surface area (Å²) >= 11 is 0. The molecular weight excluding hydrogens is 227 g/mol. The molecule has 0 fully saturated rings. The monoisotopic (exact) mass is 252 g/mol. The topological polar surface area (TPSA) is 24.9 Å². The first-order valence-electron chi connectivity index (χ1n) is 6.76. The quantitative estimate of drug-likeness (QED) is 0.833. The Morgan fingerprint density at radius 1 is 1.11 bits per heavy atom. The summed E-state index contributed by atoms with van der Waals surface area (Å²) in [6.07, 6.45) is 1.27. The first-order chi connectivity index (χ1) is 8.41. The summed E-state index contributed by atoms with van der Waals surface area (Å²) < 4.78 is 12.8. The number of nitrogens with zero attached hydrogens (tertiary/aromatic N) is 1. The zero-order valence-electron chi connectivity index (χ0n) is 12.1. The molecular formula is C15H25FN2. The first kappa shape index (κ1) is 15.1. The molecule has 0 aliphatic carbocycles. The van der Waals surface area contributed by atoms with E-state index >= 15 is 0 Å². The van der Waals surface area contributed by atoms with E-state index in [-0.39, 0.29) is 11.9 Å². The smallest absolute Gasteiger partial charge is 0.141 e. The van der Waals surface area contributed by atoms with Gasteiger partial charge in [0.05, 0.1) is 11.9 Å². The average molecular weight is 252 g/mol. The van der Waals surface area contributed by atoms with Gasteiger partial charge in [0.1, 0.15) is 5.82 Å². The van der Waals surface area contributed by atoms with Gasteiger partial charge in [-0.2, -0.15) is 0 Å². The SMILES string of the molecule is CC(NCC(C(C)C)C(C)C)c1ccc(F)cn1. The predicted molar refractivity (Wildman–Crippen MR) is 73.8 cm³/mol. The van der Waals surface area contributed by atoms with Crippen LogP contribution < -0.4 is 5.32 Å². The van der Waals surface area contributed by atoms with Crippen LogP contribution in [0, 0.1) is 23.6 Å². The van der Waals surface area contributed by atoms with Gasteiger partial charge in [0.2, 0.25) is 0 Å². The molecule has 0 amide bonds. The van der Waals surface area contributed by atoms with E-state index in [1.807, 2.05) is 0 Å². The molecule has 0 saturated carbocycles. The molecule has 1 unspecified atom stereocenters. The van der Waals surface area contributed by atoms with Gasteiger partial charge in [-0.3, -0.25) is 4.98 Å². The van der Waals surface area contributed by atoms with Crippen LogP contribution in [-0.2, 0) is 0 Å². The van der Waals surface area contributed by atoms with E-state index in [0.29, 0.717) is 17.8 Å². The van der Waals surface area contributed by atoms with Crippen molar-refractivity contribution in [2.24, 2.45) is 17.8 Å². The van der Waals surface area contributed by atoms with Crippen molar-refractivity contribution in [3.8, 4) is 0 Å². The van der Waals surface area contributed by atoms with E-state index in [9.17, 15) is 4.39 Å². The minimum Gasteiger partial charge on any atom is -0.309 e. The second kappa shape index (κ2) is 6.83. The molecule has 1 aromatic heterocycles. The van der Waals surface area contributed by atoms with Crippen molar-refractivity contribution in [1.29, 1.82) is 0 Å². The molecule has 0 bridgehead atoms. The number of hydrogen-bond donors (Lipinski definition) is 1.